The van der Waals surface area contributed by atoms with Gasteiger partial charge in [-0.1, -0.05) is 24.3 Å². The lowest BCUT2D eigenvalue weighted by molar-refractivity contribution is -0.128. The third kappa shape index (κ3) is 3.09. The zero-order valence-electron chi connectivity index (χ0n) is 12.1. The van der Waals surface area contributed by atoms with Gasteiger partial charge in [0.2, 0.25) is 5.91 Å². The predicted octanol–water partition coefficient (Wildman–Crippen LogP) is 2.72. The van der Waals surface area contributed by atoms with Gasteiger partial charge >= 0.3 is 0 Å². The van der Waals surface area contributed by atoms with E-state index in [0.29, 0.717) is 17.1 Å². The van der Waals surface area contributed by atoms with Crippen LogP contribution in [-0.4, -0.2) is 17.9 Å². The largest absolute Gasteiger partial charge is 0.478 e. The molecule has 112 valence electrons. The molecule has 1 aliphatic heterocycles. The topological polar surface area (TPSA) is 67.4 Å². The summed E-state index contributed by atoms with van der Waals surface area (Å²) in [4.78, 5) is 24.1. The van der Waals surface area contributed by atoms with Crippen molar-refractivity contribution in [1.29, 1.82) is 0 Å². The third-order valence-corrected chi connectivity index (χ3v) is 3.38. The normalized spacial score (nSPS) is 16.2. The molecule has 5 heteroatoms. The number of rotatable bonds is 3. The number of nitrogens with one attached hydrogen (secondary N) is 2. The molecule has 0 bridgehead atoms. The fourth-order valence-electron chi connectivity index (χ4n) is 2.30. The SMILES string of the molecule is Cc1ccc2c(c1)NC(=O)C(CC(=O)Nc1ccccc1)O2. The number of ether oxygens (including phenoxy) is 1. The van der Waals surface area contributed by atoms with Crippen molar-refractivity contribution in [2.75, 3.05) is 10.6 Å². The Bertz CT molecular complexity index is 713. The molecule has 3 rings (SSSR count). The molecule has 0 saturated heterocycles. The first-order chi connectivity index (χ1) is 10.6. The van der Waals surface area contributed by atoms with Crippen LogP contribution in [0.5, 0.6) is 5.75 Å². The smallest absolute Gasteiger partial charge is 0.266 e. The Kier molecular flexibility index (Phi) is 3.78. The highest BCUT2D eigenvalue weighted by atomic mass is 16.5. The summed E-state index contributed by atoms with van der Waals surface area (Å²) in [5, 5.41) is 5.52. The molecule has 1 aliphatic rings. The van der Waals surface area contributed by atoms with E-state index in [4.69, 9.17) is 4.74 Å². The summed E-state index contributed by atoms with van der Waals surface area (Å²) in [7, 11) is 0. The summed E-state index contributed by atoms with van der Waals surface area (Å²) < 4.78 is 5.63. The van der Waals surface area contributed by atoms with Gasteiger partial charge in [0.05, 0.1) is 12.1 Å². The van der Waals surface area contributed by atoms with Gasteiger partial charge < -0.3 is 15.4 Å². The molecule has 2 amide bonds. The summed E-state index contributed by atoms with van der Waals surface area (Å²) in [6.07, 6.45) is -0.854. The van der Waals surface area contributed by atoms with Crippen LogP contribution in [0.25, 0.3) is 0 Å². The highest BCUT2D eigenvalue weighted by Crippen LogP contribution is 2.31. The van der Waals surface area contributed by atoms with Crippen LogP contribution in [0.4, 0.5) is 11.4 Å². The highest BCUT2D eigenvalue weighted by molar-refractivity contribution is 6.02. The van der Waals surface area contributed by atoms with Crippen LogP contribution in [0.1, 0.15) is 12.0 Å². The van der Waals surface area contributed by atoms with Crippen molar-refractivity contribution >= 4 is 23.2 Å². The number of amides is 2. The van der Waals surface area contributed by atoms with Crippen molar-refractivity contribution in [3.8, 4) is 5.75 Å². The molecule has 1 unspecified atom stereocenters. The standard InChI is InChI=1S/C17H16N2O3/c1-11-7-8-14-13(9-11)19-17(21)15(22-14)10-16(20)18-12-5-3-2-4-6-12/h2-9,15H,10H2,1H3,(H,18,20)(H,19,21). The first kappa shape index (κ1) is 14.1. The molecule has 2 aromatic carbocycles. The van der Waals surface area contributed by atoms with Crippen LogP contribution in [-0.2, 0) is 9.59 Å². The number of carbonyl (C=O) groups excluding carboxylic acids is 2. The van der Waals surface area contributed by atoms with Gasteiger partial charge in [0.15, 0.2) is 6.10 Å². The fraction of sp³-hybridized carbons (Fsp3) is 0.176. The molecular weight excluding hydrogens is 280 g/mol. The van der Waals surface area contributed by atoms with E-state index in [1.807, 2.05) is 37.3 Å². The van der Waals surface area contributed by atoms with Crippen LogP contribution in [0.15, 0.2) is 48.5 Å². The van der Waals surface area contributed by atoms with Crippen molar-refractivity contribution in [2.45, 2.75) is 19.4 Å². The van der Waals surface area contributed by atoms with E-state index in [9.17, 15) is 9.59 Å². The molecular formula is C17H16N2O3. The Hall–Kier alpha value is -2.82. The van der Waals surface area contributed by atoms with Crippen LogP contribution in [0.2, 0.25) is 0 Å². The molecule has 22 heavy (non-hydrogen) atoms. The highest BCUT2D eigenvalue weighted by Gasteiger charge is 2.29. The minimum Gasteiger partial charge on any atom is -0.478 e. The summed E-state index contributed by atoms with van der Waals surface area (Å²) in [6.45, 7) is 1.94. The Balaban J connectivity index is 1.67. The Morgan fingerprint density at radius 2 is 2.00 bits per heavy atom. The zero-order valence-corrected chi connectivity index (χ0v) is 12.1. The molecule has 0 aliphatic carbocycles. The summed E-state index contributed by atoms with van der Waals surface area (Å²) in [5.41, 5.74) is 2.37. The Morgan fingerprint density at radius 1 is 1.23 bits per heavy atom. The van der Waals surface area contributed by atoms with E-state index in [0.717, 1.165) is 5.56 Å². The summed E-state index contributed by atoms with van der Waals surface area (Å²) >= 11 is 0. The number of hydrogen-bond acceptors (Lipinski definition) is 3. The molecule has 2 N–H and O–H groups in total. The number of benzene rings is 2. The van der Waals surface area contributed by atoms with Gasteiger partial charge in [0.25, 0.3) is 5.91 Å². The van der Waals surface area contributed by atoms with Gasteiger partial charge in [0.1, 0.15) is 5.75 Å². The van der Waals surface area contributed by atoms with Crippen molar-refractivity contribution in [3.63, 3.8) is 0 Å². The number of hydrogen-bond donors (Lipinski definition) is 2. The monoisotopic (exact) mass is 296 g/mol. The van der Waals surface area contributed by atoms with Crippen LogP contribution in [0.3, 0.4) is 0 Å². The average Bonchev–Trinajstić information content (AvgIpc) is 2.49. The Morgan fingerprint density at radius 3 is 2.77 bits per heavy atom. The first-order valence-electron chi connectivity index (χ1n) is 7.05. The first-order valence-corrected chi connectivity index (χ1v) is 7.05. The van der Waals surface area contributed by atoms with E-state index in [2.05, 4.69) is 10.6 Å². The number of anilines is 2. The zero-order chi connectivity index (χ0) is 15.5. The second kappa shape index (κ2) is 5.89. The van der Waals surface area contributed by atoms with Crippen LogP contribution >= 0.6 is 0 Å². The lowest BCUT2D eigenvalue weighted by Gasteiger charge is -2.25. The van der Waals surface area contributed by atoms with Crippen LogP contribution in [0, 0.1) is 6.92 Å². The molecule has 1 heterocycles. The predicted molar refractivity (Wildman–Crippen MR) is 83.9 cm³/mol. The number of aryl methyl sites for hydroxylation is 1. The lowest BCUT2D eigenvalue weighted by atomic mass is 10.1. The minimum atomic E-state index is -0.820. The van der Waals surface area contributed by atoms with Crippen molar-refractivity contribution in [3.05, 3.63) is 54.1 Å². The van der Waals surface area contributed by atoms with Gasteiger partial charge in [-0.15, -0.1) is 0 Å². The second-order valence-electron chi connectivity index (χ2n) is 5.21. The molecule has 2 aromatic rings. The summed E-state index contributed by atoms with van der Waals surface area (Å²) in [6, 6.07) is 14.6. The lowest BCUT2D eigenvalue weighted by Crippen LogP contribution is -2.39. The number of fused-ring (bicyclic) bond motifs is 1. The average molecular weight is 296 g/mol. The van der Waals surface area contributed by atoms with Crippen molar-refractivity contribution in [1.82, 2.24) is 0 Å². The fourth-order valence-corrected chi connectivity index (χ4v) is 2.30. The van der Waals surface area contributed by atoms with E-state index in [-0.39, 0.29) is 18.2 Å². The van der Waals surface area contributed by atoms with Crippen molar-refractivity contribution < 1.29 is 14.3 Å². The van der Waals surface area contributed by atoms with Gasteiger partial charge in [-0.25, -0.2) is 0 Å². The molecule has 5 nitrogen and oxygen atoms in total. The Labute approximate surface area is 128 Å². The minimum absolute atomic E-state index is 0.0337. The van der Waals surface area contributed by atoms with Gasteiger partial charge in [-0.05, 0) is 36.8 Å². The van der Waals surface area contributed by atoms with E-state index in [1.165, 1.54) is 0 Å². The molecule has 0 radical (unpaired) electrons. The van der Waals surface area contributed by atoms with E-state index < -0.39 is 6.10 Å². The maximum Gasteiger partial charge on any atom is 0.266 e. The molecule has 0 fully saturated rings. The quantitative estimate of drug-likeness (QED) is 0.915. The van der Waals surface area contributed by atoms with Crippen LogP contribution < -0.4 is 15.4 Å². The number of carbonyl (C=O) groups is 2. The third-order valence-electron chi connectivity index (χ3n) is 3.38. The molecule has 0 saturated carbocycles. The molecule has 1 atom stereocenters. The van der Waals surface area contributed by atoms with Gasteiger partial charge in [-0.2, -0.15) is 0 Å². The maximum absolute atomic E-state index is 12.0. The maximum atomic E-state index is 12.0. The summed E-state index contributed by atoms with van der Waals surface area (Å²) in [5.74, 6) is 0.0194. The van der Waals surface area contributed by atoms with E-state index in [1.54, 1.807) is 18.2 Å². The van der Waals surface area contributed by atoms with Gasteiger partial charge in [-0.3, -0.25) is 9.59 Å². The number of para-hydroxylation sites is 1. The van der Waals surface area contributed by atoms with Gasteiger partial charge in [0, 0.05) is 5.69 Å². The second-order valence-corrected chi connectivity index (χ2v) is 5.21. The van der Waals surface area contributed by atoms with E-state index >= 15 is 0 Å². The molecule has 0 aromatic heterocycles. The van der Waals surface area contributed by atoms with Crippen molar-refractivity contribution in [2.24, 2.45) is 0 Å². The molecule has 0 spiro atoms.